The summed E-state index contributed by atoms with van der Waals surface area (Å²) in [5.41, 5.74) is 1.10. The molecule has 0 bridgehead atoms. The molecule has 2 nitrogen and oxygen atoms in total. The molecule has 0 amide bonds. The van der Waals surface area contributed by atoms with E-state index in [-0.39, 0.29) is 6.61 Å². The predicted octanol–water partition coefficient (Wildman–Crippen LogP) is 1.95. The van der Waals surface area contributed by atoms with Crippen molar-refractivity contribution in [3.63, 3.8) is 0 Å². The number of methoxy groups -OCH3 is 1. The summed E-state index contributed by atoms with van der Waals surface area (Å²) in [7, 11) is 1.65. The number of hydrogen-bond donors (Lipinski definition) is 1. The predicted molar refractivity (Wildman–Crippen MR) is 55.6 cm³/mol. The minimum atomic E-state index is 0.161. The molecule has 0 saturated carbocycles. The van der Waals surface area contributed by atoms with Gasteiger partial charge in [-0.1, -0.05) is 6.07 Å². The quantitative estimate of drug-likeness (QED) is 0.750. The second kappa shape index (κ2) is 5.14. The van der Waals surface area contributed by atoms with Gasteiger partial charge in [-0.25, -0.2) is 0 Å². The van der Waals surface area contributed by atoms with Gasteiger partial charge < -0.3 is 9.84 Å². The van der Waals surface area contributed by atoms with Crippen molar-refractivity contribution in [2.24, 2.45) is 0 Å². The van der Waals surface area contributed by atoms with E-state index in [1.165, 1.54) is 4.90 Å². The third-order valence-electron chi connectivity index (χ3n) is 1.89. The number of rotatable bonds is 4. The molecule has 0 aliphatic heterocycles. The largest absolute Gasteiger partial charge is 0.496 e. The van der Waals surface area contributed by atoms with E-state index in [0.717, 1.165) is 11.3 Å². The highest BCUT2D eigenvalue weighted by Crippen LogP contribution is 2.28. The van der Waals surface area contributed by atoms with Gasteiger partial charge >= 0.3 is 0 Å². The van der Waals surface area contributed by atoms with Crippen LogP contribution in [0.25, 0.3) is 0 Å². The SMILES string of the molecule is COc1cccc(SC)c1CCO. The van der Waals surface area contributed by atoms with Crippen LogP contribution < -0.4 is 4.74 Å². The van der Waals surface area contributed by atoms with Gasteiger partial charge in [0.15, 0.2) is 0 Å². The van der Waals surface area contributed by atoms with Crippen LogP contribution in [0, 0.1) is 0 Å². The summed E-state index contributed by atoms with van der Waals surface area (Å²) in [6, 6.07) is 5.93. The molecule has 1 rings (SSSR count). The zero-order chi connectivity index (χ0) is 9.68. The Morgan fingerprint density at radius 1 is 1.46 bits per heavy atom. The highest BCUT2D eigenvalue weighted by atomic mass is 32.2. The zero-order valence-electron chi connectivity index (χ0n) is 7.91. The van der Waals surface area contributed by atoms with Crippen molar-refractivity contribution in [2.45, 2.75) is 11.3 Å². The normalized spacial score (nSPS) is 10.1. The van der Waals surface area contributed by atoms with Gasteiger partial charge in [0.1, 0.15) is 5.75 Å². The van der Waals surface area contributed by atoms with Crippen LogP contribution in [0.5, 0.6) is 5.75 Å². The number of thioether (sulfide) groups is 1. The molecule has 0 heterocycles. The molecule has 0 atom stereocenters. The monoisotopic (exact) mass is 198 g/mol. The highest BCUT2D eigenvalue weighted by Gasteiger charge is 2.06. The van der Waals surface area contributed by atoms with Gasteiger partial charge in [-0.3, -0.25) is 0 Å². The summed E-state index contributed by atoms with van der Waals surface area (Å²) in [6.07, 6.45) is 2.68. The minimum absolute atomic E-state index is 0.161. The first kappa shape index (κ1) is 10.4. The zero-order valence-corrected chi connectivity index (χ0v) is 8.73. The summed E-state index contributed by atoms with van der Waals surface area (Å²) in [4.78, 5) is 1.17. The van der Waals surface area contributed by atoms with Crippen molar-refractivity contribution in [1.82, 2.24) is 0 Å². The minimum Gasteiger partial charge on any atom is -0.496 e. The van der Waals surface area contributed by atoms with Crippen LogP contribution in [-0.4, -0.2) is 25.1 Å². The fraction of sp³-hybridized carbons (Fsp3) is 0.400. The van der Waals surface area contributed by atoms with Crippen molar-refractivity contribution in [3.05, 3.63) is 23.8 Å². The van der Waals surface area contributed by atoms with Gasteiger partial charge in [-0.2, -0.15) is 0 Å². The van der Waals surface area contributed by atoms with Crippen LogP contribution in [0.2, 0.25) is 0 Å². The third-order valence-corrected chi connectivity index (χ3v) is 2.71. The Balaban J connectivity index is 3.05. The van der Waals surface area contributed by atoms with E-state index in [1.54, 1.807) is 18.9 Å². The topological polar surface area (TPSA) is 29.5 Å². The van der Waals surface area contributed by atoms with Gasteiger partial charge in [0.05, 0.1) is 7.11 Å². The molecular weight excluding hydrogens is 184 g/mol. The maximum Gasteiger partial charge on any atom is 0.123 e. The van der Waals surface area contributed by atoms with Crippen molar-refractivity contribution >= 4 is 11.8 Å². The molecule has 0 aromatic heterocycles. The first-order valence-corrected chi connectivity index (χ1v) is 5.36. The second-order valence-electron chi connectivity index (χ2n) is 2.61. The molecule has 1 N–H and O–H groups in total. The lowest BCUT2D eigenvalue weighted by Gasteiger charge is -2.10. The Hall–Kier alpha value is -0.670. The second-order valence-corrected chi connectivity index (χ2v) is 3.46. The molecule has 72 valence electrons. The van der Waals surface area contributed by atoms with Gasteiger partial charge in [0, 0.05) is 23.5 Å². The third kappa shape index (κ3) is 2.39. The lowest BCUT2D eigenvalue weighted by Crippen LogP contribution is -1.97. The van der Waals surface area contributed by atoms with Crippen LogP contribution in [0.4, 0.5) is 0 Å². The molecule has 1 aromatic rings. The van der Waals surface area contributed by atoms with Crippen LogP contribution in [0.3, 0.4) is 0 Å². The number of benzene rings is 1. The van der Waals surface area contributed by atoms with Gasteiger partial charge in [0.25, 0.3) is 0 Å². The average Bonchev–Trinajstić information content (AvgIpc) is 2.18. The maximum atomic E-state index is 8.89. The maximum absolute atomic E-state index is 8.89. The van der Waals surface area contributed by atoms with E-state index in [0.29, 0.717) is 6.42 Å². The van der Waals surface area contributed by atoms with E-state index >= 15 is 0 Å². The van der Waals surface area contributed by atoms with Crippen LogP contribution in [-0.2, 0) is 6.42 Å². The Bertz CT molecular complexity index is 251. The molecule has 0 unspecified atom stereocenters. The molecule has 0 spiro atoms. The summed E-state index contributed by atoms with van der Waals surface area (Å²) in [5.74, 6) is 0.862. The average molecular weight is 198 g/mol. The summed E-state index contributed by atoms with van der Waals surface area (Å²) in [6.45, 7) is 0.161. The van der Waals surface area contributed by atoms with Crippen molar-refractivity contribution in [2.75, 3.05) is 20.0 Å². The Labute approximate surface area is 82.9 Å². The lowest BCUT2D eigenvalue weighted by atomic mass is 10.1. The van der Waals surface area contributed by atoms with Crippen LogP contribution in [0.1, 0.15) is 5.56 Å². The molecule has 0 fully saturated rings. The first-order chi connectivity index (χ1) is 6.33. The summed E-state index contributed by atoms with van der Waals surface area (Å²) >= 11 is 1.67. The fourth-order valence-corrected chi connectivity index (χ4v) is 1.95. The molecule has 13 heavy (non-hydrogen) atoms. The molecule has 0 aliphatic rings. The van der Waals surface area contributed by atoms with Crippen molar-refractivity contribution in [3.8, 4) is 5.75 Å². The van der Waals surface area contributed by atoms with Crippen LogP contribution in [0.15, 0.2) is 23.1 Å². The molecular formula is C10H14O2S. The Kier molecular flexibility index (Phi) is 4.12. The number of hydrogen-bond acceptors (Lipinski definition) is 3. The number of aliphatic hydroxyl groups excluding tert-OH is 1. The molecule has 0 aliphatic carbocycles. The highest BCUT2D eigenvalue weighted by molar-refractivity contribution is 7.98. The molecule has 1 aromatic carbocycles. The summed E-state index contributed by atoms with van der Waals surface area (Å²) in [5, 5.41) is 8.89. The van der Waals surface area contributed by atoms with E-state index in [4.69, 9.17) is 9.84 Å². The van der Waals surface area contributed by atoms with E-state index in [2.05, 4.69) is 0 Å². The van der Waals surface area contributed by atoms with Gasteiger partial charge in [0.2, 0.25) is 0 Å². The number of ether oxygens (including phenoxy) is 1. The Morgan fingerprint density at radius 2 is 2.23 bits per heavy atom. The fourth-order valence-electron chi connectivity index (χ4n) is 1.29. The van der Waals surface area contributed by atoms with Gasteiger partial charge in [-0.05, 0) is 18.4 Å². The molecule has 0 saturated heterocycles. The van der Waals surface area contributed by atoms with Crippen molar-refractivity contribution in [1.29, 1.82) is 0 Å². The number of aliphatic hydroxyl groups is 1. The van der Waals surface area contributed by atoms with Crippen molar-refractivity contribution < 1.29 is 9.84 Å². The van der Waals surface area contributed by atoms with Crippen LogP contribution >= 0.6 is 11.8 Å². The molecule has 3 heteroatoms. The first-order valence-electron chi connectivity index (χ1n) is 4.14. The van der Waals surface area contributed by atoms with E-state index in [1.807, 2.05) is 24.5 Å². The smallest absolute Gasteiger partial charge is 0.123 e. The Morgan fingerprint density at radius 3 is 2.77 bits per heavy atom. The van der Waals surface area contributed by atoms with E-state index < -0.39 is 0 Å². The summed E-state index contributed by atoms with van der Waals surface area (Å²) < 4.78 is 5.22. The van der Waals surface area contributed by atoms with E-state index in [9.17, 15) is 0 Å². The molecule has 0 radical (unpaired) electrons. The van der Waals surface area contributed by atoms with Gasteiger partial charge in [-0.15, -0.1) is 11.8 Å². The standard InChI is InChI=1S/C10H14O2S/c1-12-9-4-3-5-10(13-2)8(9)6-7-11/h3-5,11H,6-7H2,1-2H3. The lowest BCUT2D eigenvalue weighted by molar-refractivity contribution is 0.295.